The Hall–Kier alpha value is -3.45. The molecule has 1 saturated carbocycles. The lowest BCUT2D eigenvalue weighted by Gasteiger charge is -2.50. The first-order chi connectivity index (χ1) is 17.2. The minimum absolute atomic E-state index is 0. The van der Waals surface area contributed by atoms with Crippen molar-refractivity contribution in [3.8, 4) is 5.75 Å². The molecule has 0 bridgehead atoms. The van der Waals surface area contributed by atoms with Gasteiger partial charge in [-0.1, -0.05) is 6.07 Å². The number of rotatable bonds is 5. The number of likely N-dealkylation sites (N-methyl/N-ethyl adjacent to an activating group) is 2. The molecule has 0 spiro atoms. The quantitative estimate of drug-likeness (QED) is 0.213. The fraction of sp³-hybridized carbons (Fsp3) is 0.440. The Labute approximate surface area is 224 Å². The molecule has 3 aliphatic carbocycles. The molecule has 206 valence electrons. The number of anilines is 1. The van der Waals surface area contributed by atoms with Crippen molar-refractivity contribution in [2.45, 2.75) is 24.5 Å². The molecule has 3 aliphatic rings. The van der Waals surface area contributed by atoms with Crippen molar-refractivity contribution < 1.29 is 39.6 Å². The number of nitrogens with zero attached hydrogens (tertiary/aromatic N) is 2. The van der Waals surface area contributed by atoms with Gasteiger partial charge in [-0.15, -0.1) is 12.4 Å². The number of aliphatic hydroxyl groups excluding tert-OH is 2. The fourth-order valence-corrected chi connectivity index (χ4v) is 5.80. The highest BCUT2D eigenvalue weighted by Gasteiger charge is 2.64. The summed E-state index contributed by atoms with van der Waals surface area (Å²) in [4.78, 5) is 54.2. The minimum atomic E-state index is -2.70. The molecule has 12 nitrogen and oxygen atoms in total. The van der Waals surface area contributed by atoms with Gasteiger partial charge in [0.05, 0.1) is 23.8 Å². The molecule has 0 aromatic heterocycles. The molecule has 1 aromatic carbocycles. The Morgan fingerprint density at radius 3 is 2.32 bits per heavy atom. The van der Waals surface area contributed by atoms with E-state index in [0.717, 1.165) is 0 Å². The zero-order valence-corrected chi connectivity index (χ0v) is 22.1. The lowest BCUT2D eigenvalue weighted by molar-refractivity contribution is -0.153. The van der Waals surface area contributed by atoms with Crippen LogP contribution in [0.1, 0.15) is 17.5 Å². The SMILES string of the molecule is CN(C)CC(=O)Nc1ccc2c(c1O)C(O)=C1C(=O)[C@]3(O)C(O)=C(C(N)=O)C(=O)[C@@H](N(C)C)C3CC1C2.Cl. The third-order valence-electron chi connectivity index (χ3n) is 7.33. The summed E-state index contributed by atoms with van der Waals surface area (Å²) in [7, 11) is 6.47. The Bertz CT molecular complexity index is 1300. The summed E-state index contributed by atoms with van der Waals surface area (Å²) in [6.45, 7) is 0.0398. The van der Waals surface area contributed by atoms with Crippen molar-refractivity contribution in [1.29, 1.82) is 0 Å². The van der Waals surface area contributed by atoms with Gasteiger partial charge in [0.15, 0.2) is 11.4 Å². The summed E-state index contributed by atoms with van der Waals surface area (Å²) in [5, 5.41) is 47.1. The molecule has 7 N–H and O–H groups in total. The number of aliphatic hydroxyl groups is 3. The van der Waals surface area contributed by atoms with E-state index in [1.807, 2.05) is 0 Å². The largest absolute Gasteiger partial charge is 0.508 e. The molecular formula is C25H31ClN4O8. The number of carbonyl (C=O) groups is 4. The lowest BCUT2D eigenvalue weighted by atomic mass is 9.57. The number of halogens is 1. The van der Waals surface area contributed by atoms with Gasteiger partial charge in [0, 0.05) is 11.5 Å². The Kier molecular flexibility index (Phi) is 7.68. The number of primary amides is 1. The molecule has 1 fully saturated rings. The van der Waals surface area contributed by atoms with Crippen LogP contribution >= 0.6 is 12.4 Å². The van der Waals surface area contributed by atoms with E-state index in [4.69, 9.17) is 5.73 Å². The summed E-state index contributed by atoms with van der Waals surface area (Å²) in [5.41, 5.74) is 1.93. The average Bonchev–Trinajstić information content (AvgIpc) is 2.77. The van der Waals surface area contributed by atoms with E-state index in [0.29, 0.717) is 5.56 Å². The number of fused-ring (bicyclic) bond motifs is 3. The number of hydrogen-bond donors (Lipinski definition) is 6. The van der Waals surface area contributed by atoms with Crippen molar-refractivity contribution in [3.05, 3.63) is 40.2 Å². The number of nitrogens with two attached hydrogens (primary N) is 1. The second kappa shape index (κ2) is 10.0. The van der Waals surface area contributed by atoms with Gasteiger partial charge in [-0.25, -0.2) is 0 Å². The predicted octanol–water partition coefficient (Wildman–Crippen LogP) is -0.114. The average molecular weight is 551 g/mol. The van der Waals surface area contributed by atoms with Crippen molar-refractivity contribution in [1.82, 2.24) is 9.80 Å². The van der Waals surface area contributed by atoms with Crippen LogP contribution in [0, 0.1) is 11.8 Å². The molecular weight excluding hydrogens is 520 g/mol. The van der Waals surface area contributed by atoms with E-state index in [9.17, 15) is 39.6 Å². The van der Waals surface area contributed by atoms with E-state index in [1.165, 1.54) is 25.1 Å². The summed E-state index contributed by atoms with van der Waals surface area (Å²) in [6, 6.07) is 1.96. The maximum absolute atomic E-state index is 13.8. The molecule has 0 saturated heterocycles. The fourth-order valence-electron chi connectivity index (χ4n) is 5.80. The maximum atomic E-state index is 13.8. The monoisotopic (exact) mass is 550 g/mol. The highest BCUT2D eigenvalue weighted by Crippen LogP contribution is 2.53. The van der Waals surface area contributed by atoms with Crippen LogP contribution in [-0.4, -0.2) is 100.0 Å². The van der Waals surface area contributed by atoms with Crippen LogP contribution in [0.3, 0.4) is 0 Å². The van der Waals surface area contributed by atoms with E-state index in [2.05, 4.69) is 5.32 Å². The lowest BCUT2D eigenvalue weighted by Crippen LogP contribution is -2.65. The first-order valence-electron chi connectivity index (χ1n) is 11.7. The highest BCUT2D eigenvalue weighted by atomic mass is 35.5. The van der Waals surface area contributed by atoms with Crippen LogP contribution in [0.5, 0.6) is 5.75 Å². The zero-order valence-electron chi connectivity index (χ0n) is 21.3. The minimum Gasteiger partial charge on any atom is -0.508 e. The standard InChI is InChI=1S/C25H30N4O8.ClH/c1-28(2)9-14(30)27-13-6-5-10-7-11-8-12-18(29(3)4)21(33)17(24(26)36)23(35)25(12,37)22(34)16(11)20(32)15(10)19(13)31;/h5-6,11-12,18,31-32,35,37H,7-9H2,1-4H3,(H2,26,36)(H,27,30);1H/t11?,12?,18-,25-;/m0./s1. The maximum Gasteiger partial charge on any atom is 0.255 e. The van der Waals surface area contributed by atoms with E-state index in [-0.39, 0.29) is 48.6 Å². The zero-order chi connectivity index (χ0) is 27.6. The second-order valence-electron chi connectivity index (χ2n) is 10.2. The number of hydrogen-bond acceptors (Lipinski definition) is 10. The normalized spacial score (nSPS) is 26.6. The van der Waals surface area contributed by atoms with Gasteiger partial charge in [0.25, 0.3) is 5.91 Å². The van der Waals surface area contributed by atoms with E-state index < -0.39 is 69.7 Å². The van der Waals surface area contributed by atoms with Crippen molar-refractivity contribution in [3.63, 3.8) is 0 Å². The number of nitrogens with one attached hydrogen (secondary N) is 1. The van der Waals surface area contributed by atoms with Gasteiger partial charge >= 0.3 is 0 Å². The molecule has 0 radical (unpaired) electrons. The molecule has 0 heterocycles. The molecule has 2 unspecified atom stereocenters. The smallest absolute Gasteiger partial charge is 0.255 e. The first kappa shape index (κ1) is 29.1. The number of amides is 2. The van der Waals surface area contributed by atoms with Crippen LogP contribution in [0.25, 0.3) is 5.76 Å². The summed E-state index contributed by atoms with van der Waals surface area (Å²) in [6.07, 6.45) is 0.182. The Morgan fingerprint density at radius 2 is 1.76 bits per heavy atom. The number of Topliss-reactive ketones (excluding diaryl/α,β-unsaturated/α-hetero) is 2. The summed E-state index contributed by atoms with van der Waals surface area (Å²) in [5.74, 6) is -7.61. The van der Waals surface area contributed by atoms with Crippen LogP contribution in [0.2, 0.25) is 0 Å². The van der Waals surface area contributed by atoms with Crippen molar-refractivity contribution in [2.75, 3.05) is 40.1 Å². The van der Waals surface area contributed by atoms with Gasteiger partial charge in [-0.3, -0.25) is 24.1 Å². The predicted molar refractivity (Wildman–Crippen MR) is 139 cm³/mol. The number of ketones is 2. The molecule has 1 aromatic rings. The van der Waals surface area contributed by atoms with Crippen LogP contribution < -0.4 is 11.1 Å². The van der Waals surface area contributed by atoms with E-state index in [1.54, 1.807) is 25.1 Å². The van der Waals surface area contributed by atoms with Crippen molar-refractivity contribution in [2.24, 2.45) is 17.6 Å². The second-order valence-corrected chi connectivity index (χ2v) is 10.2. The van der Waals surface area contributed by atoms with Crippen LogP contribution in [0.15, 0.2) is 29.0 Å². The third kappa shape index (κ3) is 4.23. The number of carbonyl (C=O) groups excluding carboxylic acids is 4. The number of aromatic hydroxyl groups is 1. The van der Waals surface area contributed by atoms with Gasteiger partial charge in [0.1, 0.15) is 22.8 Å². The Morgan fingerprint density at radius 1 is 1.13 bits per heavy atom. The van der Waals surface area contributed by atoms with Gasteiger partial charge in [-0.2, -0.15) is 0 Å². The number of benzene rings is 1. The van der Waals surface area contributed by atoms with Crippen LogP contribution in [0.4, 0.5) is 5.69 Å². The topological polar surface area (TPSA) is 194 Å². The van der Waals surface area contributed by atoms with Crippen LogP contribution in [-0.2, 0) is 25.6 Å². The highest BCUT2D eigenvalue weighted by molar-refractivity contribution is 6.24. The summed E-state index contributed by atoms with van der Waals surface area (Å²) >= 11 is 0. The molecule has 4 rings (SSSR count). The molecule has 4 atom stereocenters. The molecule has 13 heteroatoms. The van der Waals surface area contributed by atoms with Gasteiger partial charge < -0.3 is 36.4 Å². The first-order valence-corrected chi connectivity index (χ1v) is 11.7. The van der Waals surface area contributed by atoms with Crippen molar-refractivity contribution >= 4 is 47.2 Å². The number of phenolic OH excluding ortho intramolecular Hbond substituents is 1. The molecule has 38 heavy (non-hydrogen) atoms. The third-order valence-corrected chi connectivity index (χ3v) is 7.33. The Balaban J connectivity index is 0.00000400. The van der Waals surface area contributed by atoms with Gasteiger partial charge in [0.2, 0.25) is 11.7 Å². The summed E-state index contributed by atoms with van der Waals surface area (Å²) < 4.78 is 0. The van der Waals surface area contributed by atoms with Gasteiger partial charge in [-0.05, 0) is 58.6 Å². The van der Waals surface area contributed by atoms with E-state index >= 15 is 0 Å². The number of phenols is 1. The molecule has 0 aliphatic heterocycles. The molecule has 2 amide bonds.